The number of nitrogens with zero attached hydrogens (tertiary/aromatic N) is 2. The van der Waals surface area contributed by atoms with E-state index < -0.39 is 17.7 Å². The van der Waals surface area contributed by atoms with Gasteiger partial charge in [-0.3, -0.25) is 14.2 Å². The average Bonchev–Trinajstić information content (AvgIpc) is 3.15. The Balaban J connectivity index is 1.45. The standard InChI is InChI=1S/C25H28F4N4/c1-2-33-10-7-18-17-5-3-6-19(27)23(17)31-24(18)25(33)22-20(28)11-15(12-21(22)29)30-16-13-32(14-16)9-4-8-26/h3,5-6,11-12,16,25,30-31H,2,4,7-10,13-14H2,1H3. The molecule has 0 spiro atoms. The molecule has 5 rings (SSSR count). The van der Waals surface area contributed by atoms with Gasteiger partial charge >= 0.3 is 0 Å². The second-order valence-corrected chi connectivity index (χ2v) is 8.96. The molecule has 0 aliphatic carbocycles. The van der Waals surface area contributed by atoms with Crippen LogP contribution in [0.3, 0.4) is 0 Å². The zero-order valence-electron chi connectivity index (χ0n) is 18.6. The van der Waals surface area contributed by atoms with Crippen LogP contribution in [0.1, 0.15) is 36.2 Å². The summed E-state index contributed by atoms with van der Waals surface area (Å²) in [5.74, 6) is -1.62. The highest BCUT2D eigenvalue weighted by Gasteiger charge is 2.35. The molecule has 8 heteroatoms. The van der Waals surface area contributed by atoms with E-state index in [9.17, 15) is 8.78 Å². The Labute approximate surface area is 190 Å². The monoisotopic (exact) mass is 460 g/mol. The number of aromatic amines is 1. The number of alkyl halides is 1. The van der Waals surface area contributed by atoms with Crippen molar-refractivity contribution < 1.29 is 17.6 Å². The van der Waals surface area contributed by atoms with Crippen LogP contribution in [-0.2, 0) is 6.42 Å². The molecule has 0 amide bonds. The number of halogens is 4. The Morgan fingerprint density at radius 1 is 1.09 bits per heavy atom. The van der Waals surface area contributed by atoms with Gasteiger partial charge in [0.2, 0.25) is 0 Å². The van der Waals surface area contributed by atoms with Crippen molar-refractivity contribution in [2.45, 2.75) is 31.8 Å². The third-order valence-corrected chi connectivity index (χ3v) is 6.91. The van der Waals surface area contributed by atoms with E-state index >= 15 is 8.78 Å². The molecular weight excluding hydrogens is 432 g/mol. The highest BCUT2D eigenvalue weighted by atomic mass is 19.1. The lowest BCUT2D eigenvalue weighted by molar-refractivity contribution is 0.155. The summed E-state index contributed by atoms with van der Waals surface area (Å²) in [5.41, 5.74) is 2.33. The van der Waals surface area contributed by atoms with Crippen molar-refractivity contribution in [2.75, 3.05) is 44.7 Å². The number of likely N-dealkylation sites (N-methyl/N-ethyl adjacent to an activating group) is 1. The maximum Gasteiger partial charge on any atom is 0.147 e. The van der Waals surface area contributed by atoms with Crippen molar-refractivity contribution in [3.8, 4) is 0 Å². The van der Waals surface area contributed by atoms with Crippen LogP contribution in [0.25, 0.3) is 10.9 Å². The minimum absolute atomic E-state index is 0.0199. The molecule has 1 saturated heterocycles. The van der Waals surface area contributed by atoms with Crippen LogP contribution in [-0.4, -0.2) is 60.2 Å². The Bertz CT molecular complexity index is 1130. The third kappa shape index (κ3) is 3.99. The van der Waals surface area contributed by atoms with Crippen LogP contribution >= 0.6 is 0 Å². The Morgan fingerprint density at radius 2 is 1.85 bits per heavy atom. The van der Waals surface area contributed by atoms with Crippen molar-refractivity contribution in [3.05, 3.63) is 64.6 Å². The van der Waals surface area contributed by atoms with E-state index in [1.54, 1.807) is 6.07 Å². The summed E-state index contributed by atoms with van der Waals surface area (Å²) >= 11 is 0. The van der Waals surface area contributed by atoms with Gasteiger partial charge in [-0.2, -0.15) is 0 Å². The number of hydrogen-bond donors (Lipinski definition) is 2. The fourth-order valence-electron chi connectivity index (χ4n) is 5.29. The highest BCUT2D eigenvalue weighted by molar-refractivity contribution is 5.86. The molecule has 33 heavy (non-hydrogen) atoms. The van der Waals surface area contributed by atoms with E-state index in [1.807, 2.05) is 17.9 Å². The van der Waals surface area contributed by atoms with E-state index in [-0.39, 0.29) is 24.1 Å². The number of likely N-dealkylation sites (tertiary alicyclic amines) is 1. The SMILES string of the molecule is CCN1CCc2c([nH]c3c(F)cccc23)C1c1c(F)cc(NC2CN(CCCF)C2)cc1F. The van der Waals surface area contributed by atoms with Gasteiger partial charge in [-0.25, -0.2) is 13.2 Å². The van der Waals surface area contributed by atoms with Crippen LogP contribution in [0, 0.1) is 17.5 Å². The van der Waals surface area contributed by atoms with Gasteiger partial charge in [-0.05, 0) is 43.1 Å². The molecule has 1 aromatic heterocycles. The first-order chi connectivity index (χ1) is 16.0. The van der Waals surface area contributed by atoms with E-state index in [1.165, 1.54) is 18.2 Å². The quantitative estimate of drug-likeness (QED) is 0.487. The first kappa shape index (κ1) is 22.2. The van der Waals surface area contributed by atoms with Crippen molar-refractivity contribution in [1.82, 2.24) is 14.8 Å². The average molecular weight is 461 g/mol. The number of benzene rings is 2. The molecule has 4 nitrogen and oxygen atoms in total. The van der Waals surface area contributed by atoms with Gasteiger partial charge in [0.1, 0.15) is 17.5 Å². The summed E-state index contributed by atoms with van der Waals surface area (Å²) in [6.45, 7) is 5.00. The van der Waals surface area contributed by atoms with Crippen LogP contribution in [0.2, 0.25) is 0 Å². The summed E-state index contributed by atoms with van der Waals surface area (Å²) in [5, 5.41) is 3.95. The van der Waals surface area contributed by atoms with Crippen molar-refractivity contribution in [1.29, 1.82) is 0 Å². The van der Waals surface area contributed by atoms with E-state index in [4.69, 9.17) is 0 Å². The normalized spacial score (nSPS) is 19.6. The molecule has 176 valence electrons. The predicted octanol–water partition coefficient (Wildman–Crippen LogP) is 5.01. The summed E-state index contributed by atoms with van der Waals surface area (Å²) < 4.78 is 57.5. The number of fused-ring (bicyclic) bond motifs is 3. The summed E-state index contributed by atoms with van der Waals surface area (Å²) in [6, 6.07) is 7.01. The van der Waals surface area contributed by atoms with Gasteiger partial charge in [0.25, 0.3) is 0 Å². The van der Waals surface area contributed by atoms with Gasteiger partial charge in [0.15, 0.2) is 0 Å². The summed E-state index contributed by atoms with van der Waals surface area (Å²) in [4.78, 5) is 7.26. The van der Waals surface area contributed by atoms with E-state index in [0.717, 1.165) is 24.0 Å². The van der Waals surface area contributed by atoms with Crippen LogP contribution in [0.5, 0.6) is 0 Å². The molecule has 1 atom stereocenters. The molecule has 1 unspecified atom stereocenters. The minimum atomic E-state index is -0.653. The third-order valence-electron chi connectivity index (χ3n) is 6.91. The number of rotatable bonds is 7. The number of anilines is 1. The lowest BCUT2D eigenvalue weighted by Gasteiger charge is -2.40. The number of hydrogen-bond acceptors (Lipinski definition) is 3. The van der Waals surface area contributed by atoms with Gasteiger partial charge < -0.3 is 10.3 Å². The Hall–Kier alpha value is -2.58. The number of aromatic nitrogens is 1. The Morgan fingerprint density at radius 3 is 2.55 bits per heavy atom. The largest absolute Gasteiger partial charge is 0.380 e. The Kier molecular flexibility index (Phi) is 6.05. The number of para-hydroxylation sites is 1. The van der Waals surface area contributed by atoms with Crippen LogP contribution in [0.4, 0.5) is 23.2 Å². The molecule has 2 N–H and O–H groups in total. The molecule has 0 saturated carbocycles. The molecule has 2 aliphatic heterocycles. The molecule has 3 aromatic rings. The molecule has 2 aliphatic rings. The van der Waals surface area contributed by atoms with Crippen molar-refractivity contribution >= 4 is 16.6 Å². The predicted molar refractivity (Wildman–Crippen MR) is 122 cm³/mol. The maximum atomic E-state index is 15.4. The van der Waals surface area contributed by atoms with Crippen LogP contribution in [0.15, 0.2) is 30.3 Å². The molecule has 0 radical (unpaired) electrons. The van der Waals surface area contributed by atoms with Crippen LogP contribution < -0.4 is 5.32 Å². The second-order valence-electron chi connectivity index (χ2n) is 8.96. The topological polar surface area (TPSA) is 34.3 Å². The first-order valence-electron chi connectivity index (χ1n) is 11.6. The van der Waals surface area contributed by atoms with Gasteiger partial charge in [-0.15, -0.1) is 0 Å². The van der Waals surface area contributed by atoms with Crippen molar-refractivity contribution in [3.63, 3.8) is 0 Å². The zero-order valence-corrected chi connectivity index (χ0v) is 18.6. The van der Waals surface area contributed by atoms with E-state index in [0.29, 0.717) is 49.4 Å². The molecule has 3 heterocycles. The number of nitrogens with one attached hydrogen (secondary N) is 2. The summed E-state index contributed by atoms with van der Waals surface area (Å²) in [6.07, 6.45) is 1.19. The van der Waals surface area contributed by atoms with Crippen molar-refractivity contribution in [2.24, 2.45) is 0 Å². The zero-order chi connectivity index (χ0) is 23.1. The number of H-pyrrole nitrogens is 1. The molecular formula is C25H28F4N4. The summed E-state index contributed by atoms with van der Waals surface area (Å²) in [7, 11) is 0. The minimum Gasteiger partial charge on any atom is -0.380 e. The maximum absolute atomic E-state index is 15.4. The van der Waals surface area contributed by atoms with Gasteiger partial charge in [0.05, 0.1) is 24.3 Å². The first-order valence-corrected chi connectivity index (χ1v) is 11.6. The van der Waals surface area contributed by atoms with E-state index in [2.05, 4.69) is 15.2 Å². The molecule has 2 aromatic carbocycles. The fourth-order valence-corrected chi connectivity index (χ4v) is 5.29. The fraction of sp³-hybridized carbons (Fsp3) is 0.440. The smallest absolute Gasteiger partial charge is 0.147 e. The highest BCUT2D eigenvalue weighted by Crippen LogP contribution is 2.41. The molecule has 1 fully saturated rings. The lowest BCUT2D eigenvalue weighted by Crippen LogP contribution is -2.54. The molecule has 0 bridgehead atoms. The van der Waals surface area contributed by atoms with Gasteiger partial charge in [-0.1, -0.05) is 19.1 Å². The second kappa shape index (κ2) is 8.99. The lowest BCUT2D eigenvalue weighted by atomic mass is 9.91. The van der Waals surface area contributed by atoms with Gasteiger partial charge in [0, 0.05) is 48.5 Å².